The summed E-state index contributed by atoms with van der Waals surface area (Å²) >= 11 is 2.26. The molecule has 0 radical (unpaired) electrons. The molecule has 1 saturated carbocycles. The summed E-state index contributed by atoms with van der Waals surface area (Å²) in [6.07, 6.45) is 7.93. The van der Waals surface area contributed by atoms with E-state index in [2.05, 4.69) is 50.3 Å². The number of hydrogen-bond donors (Lipinski definition) is 2. The van der Waals surface area contributed by atoms with Gasteiger partial charge in [-0.3, -0.25) is 0 Å². The average molecular weight is 444 g/mol. The molecule has 1 aliphatic carbocycles. The summed E-state index contributed by atoms with van der Waals surface area (Å²) in [7, 11) is 0. The number of phenolic OH excluding ortho intramolecular Hbond substituents is 2. The Bertz CT molecular complexity index is 553. The van der Waals surface area contributed by atoms with Crippen molar-refractivity contribution in [3.63, 3.8) is 0 Å². The topological polar surface area (TPSA) is 40.5 Å². The Hall–Kier alpha value is -0.450. The van der Waals surface area contributed by atoms with E-state index >= 15 is 0 Å². The highest BCUT2D eigenvalue weighted by Gasteiger charge is 2.35. The van der Waals surface area contributed by atoms with E-state index in [0.29, 0.717) is 29.3 Å². The van der Waals surface area contributed by atoms with Crippen LogP contribution in [0.25, 0.3) is 0 Å². The quantitative estimate of drug-likeness (QED) is 0.383. The van der Waals surface area contributed by atoms with Gasteiger partial charge in [0.1, 0.15) is 11.5 Å². The van der Waals surface area contributed by atoms with Crippen molar-refractivity contribution in [1.82, 2.24) is 0 Å². The van der Waals surface area contributed by atoms with Crippen molar-refractivity contribution in [1.29, 1.82) is 0 Å². The first-order valence-corrected chi connectivity index (χ1v) is 10.7. The van der Waals surface area contributed by atoms with Gasteiger partial charge in [-0.25, -0.2) is 0 Å². The van der Waals surface area contributed by atoms with Gasteiger partial charge in [-0.1, -0.05) is 47.0 Å². The summed E-state index contributed by atoms with van der Waals surface area (Å²) in [6, 6.07) is 1.92. The Balaban J connectivity index is 2.36. The van der Waals surface area contributed by atoms with E-state index in [-0.39, 0.29) is 5.92 Å². The predicted molar refractivity (Wildman–Crippen MR) is 110 cm³/mol. The molecule has 0 saturated heterocycles. The van der Waals surface area contributed by atoms with Gasteiger partial charge in [0.15, 0.2) is 0 Å². The van der Waals surface area contributed by atoms with E-state index in [9.17, 15) is 10.2 Å². The minimum absolute atomic E-state index is 0.270. The third-order valence-corrected chi connectivity index (χ3v) is 6.98. The fourth-order valence-electron chi connectivity index (χ4n) is 4.34. The number of aryl methyl sites for hydroxylation is 1. The minimum Gasteiger partial charge on any atom is -0.508 e. The zero-order valence-electron chi connectivity index (χ0n) is 15.6. The van der Waals surface area contributed by atoms with E-state index in [1.165, 1.54) is 25.7 Å². The largest absolute Gasteiger partial charge is 0.508 e. The van der Waals surface area contributed by atoms with Crippen molar-refractivity contribution in [3.8, 4) is 11.5 Å². The summed E-state index contributed by atoms with van der Waals surface area (Å²) < 4.78 is 0.942. The number of halogens is 1. The van der Waals surface area contributed by atoms with Gasteiger partial charge in [-0.2, -0.15) is 0 Å². The molecule has 1 aliphatic rings. The number of rotatable bonds is 6. The summed E-state index contributed by atoms with van der Waals surface area (Å²) in [5.41, 5.74) is 1.90. The first-order valence-electron chi connectivity index (χ1n) is 9.59. The molecule has 24 heavy (non-hydrogen) atoms. The Morgan fingerprint density at radius 3 is 2.54 bits per heavy atom. The van der Waals surface area contributed by atoms with E-state index in [1.54, 1.807) is 0 Å². The number of hydrogen-bond acceptors (Lipinski definition) is 2. The van der Waals surface area contributed by atoms with Crippen LogP contribution in [0.2, 0.25) is 0 Å². The highest BCUT2D eigenvalue weighted by atomic mass is 127. The molecule has 0 aromatic heterocycles. The zero-order valence-corrected chi connectivity index (χ0v) is 17.8. The summed E-state index contributed by atoms with van der Waals surface area (Å²) in [6.45, 7) is 9.03. The third-order valence-electron chi connectivity index (χ3n) is 5.77. The fraction of sp³-hybridized carbons (Fsp3) is 0.714. The van der Waals surface area contributed by atoms with Crippen LogP contribution in [0.1, 0.15) is 83.3 Å². The second kappa shape index (κ2) is 8.77. The molecule has 3 heteroatoms. The Morgan fingerprint density at radius 1 is 1.21 bits per heavy atom. The van der Waals surface area contributed by atoms with Crippen LogP contribution in [0, 0.1) is 21.3 Å². The molecule has 1 aromatic rings. The first kappa shape index (κ1) is 19.9. The maximum atomic E-state index is 10.9. The molecule has 0 heterocycles. The van der Waals surface area contributed by atoms with Crippen molar-refractivity contribution < 1.29 is 10.2 Å². The van der Waals surface area contributed by atoms with Gasteiger partial charge in [0.05, 0.1) is 3.57 Å². The van der Waals surface area contributed by atoms with Crippen LogP contribution in [0.5, 0.6) is 11.5 Å². The molecule has 0 spiro atoms. The molecule has 136 valence electrons. The second-order valence-electron chi connectivity index (χ2n) is 8.02. The van der Waals surface area contributed by atoms with E-state index < -0.39 is 0 Å². The molecule has 1 aromatic carbocycles. The van der Waals surface area contributed by atoms with Gasteiger partial charge in [0.2, 0.25) is 0 Å². The monoisotopic (exact) mass is 444 g/mol. The van der Waals surface area contributed by atoms with Crippen LogP contribution in [-0.2, 0) is 6.42 Å². The maximum absolute atomic E-state index is 10.9. The smallest absolute Gasteiger partial charge is 0.136 e. The lowest BCUT2D eigenvalue weighted by molar-refractivity contribution is 0.191. The van der Waals surface area contributed by atoms with Gasteiger partial charge < -0.3 is 10.2 Å². The highest BCUT2D eigenvalue weighted by Crippen LogP contribution is 2.50. The lowest BCUT2D eigenvalue weighted by Crippen LogP contribution is -2.26. The summed E-state index contributed by atoms with van der Waals surface area (Å²) in [5, 5.41) is 21.6. The van der Waals surface area contributed by atoms with Crippen molar-refractivity contribution in [2.24, 2.45) is 17.8 Å². The van der Waals surface area contributed by atoms with Crippen LogP contribution in [0.4, 0.5) is 0 Å². The average Bonchev–Trinajstić information content (AvgIpc) is 2.52. The normalized spacial score (nSPS) is 24.5. The molecular formula is C21H33IO2. The Labute approximate surface area is 161 Å². The van der Waals surface area contributed by atoms with Crippen molar-refractivity contribution in [2.45, 2.75) is 78.6 Å². The number of unbranched alkanes of at least 4 members (excludes halogenated alkanes) is 2. The molecular weight excluding hydrogens is 411 g/mol. The first-order chi connectivity index (χ1) is 11.4. The third kappa shape index (κ3) is 4.39. The molecule has 2 nitrogen and oxygen atoms in total. The molecule has 2 rings (SSSR count). The lowest BCUT2D eigenvalue weighted by atomic mass is 9.67. The molecule has 0 unspecified atom stereocenters. The van der Waals surface area contributed by atoms with Gasteiger partial charge in [0, 0.05) is 5.56 Å². The Morgan fingerprint density at radius 2 is 1.92 bits per heavy atom. The van der Waals surface area contributed by atoms with Gasteiger partial charge in [0.25, 0.3) is 0 Å². The van der Waals surface area contributed by atoms with Crippen molar-refractivity contribution in [3.05, 3.63) is 20.8 Å². The molecule has 2 N–H and O–H groups in total. The molecule has 3 atom stereocenters. The highest BCUT2D eigenvalue weighted by molar-refractivity contribution is 14.1. The SMILES string of the molecule is CCCCCc1cc(O)c([C@@H]2C[C@H](C)CC[C@H]2C(C)C)c(O)c1I. The van der Waals surface area contributed by atoms with E-state index in [0.717, 1.165) is 34.0 Å². The van der Waals surface area contributed by atoms with Gasteiger partial charge >= 0.3 is 0 Å². The van der Waals surface area contributed by atoms with Crippen LogP contribution < -0.4 is 0 Å². The zero-order chi connectivity index (χ0) is 17.9. The molecule has 0 aliphatic heterocycles. The molecule has 0 amide bonds. The van der Waals surface area contributed by atoms with Crippen LogP contribution in [0.3, 0.4) is 0 Å². The fourth-order valence-corrected chi connectivity index (χ4v) is 5.06. The van der Waals surface area contributed by atoms with E-state index in [4.69, 9.17) is 0 Å². The number of benzene rings is 1. The van der Waals surface area contributed by atoms with Crippen LogP contribution >= 0.6 is 22.6 Å². The standard InChI is InChI=1S/C21H33IO2/c1-5-6-7-8-15-12-18(23)19(21(24)20(15)22)17-11-14(4)9-10-16(17)13(2)3/h12-14,16-17,23-24H,5-11H2,1-4H3/t14-,16+,17-/m1/s1. The van der Waals surface area contributed by atoms with Crippen LogP contribution in [0.15, 0.2) is 6.07 Å². The second-order valence-corrected chi connectivity index (χ2v) is 9.10. The van der Waals surface area contributed by atoms with Crippen LogP contribution in [-0.4, -0.2) is 10.2 Å². The van der Waals surface area contributed by atoms with Crippen molar-refractivity contribution in [2.75, 3.05) is 0 Å². The Kier molecular flexibility index (Phi) is 7.26. The van der Waals surface area contributed by atoms with Gasteiger partial charge in [-0.05, 0) is 83.6 Å². The number of aromatic hydroxyl groups is 2. The van der Waals surface area contributed by atoms with E-state index in [1.807, 2.05) is 6.07 Å². The van der Waals surface area contributed by atoms with Crippen molar-refractivity contribution >= 4 is 22.6 Å². The molecule has 1 fully saturated rings. The maximum Gasteiger partial charge on any atom is 0.136 e. The van der Waals surface area contributed by atoms with Gasteiger partial charge in [-0.15, -0.1) is 0 Å². The minimum atomic E-state index is 0.270. The summed E-state index contributed by atoms with van der Waals surface area (Å²) in [4.78, 5) is 0. The summed E-state index contributed by atoms with van der Waals surface area (Å²) in [5.74, 6) is 2.69. The molecule has 0 bridgehead atoms. The lowest BCUT2D eigenvalue weighted by Gasteiger charge is -2.38. The number of phenols is 2. The predicted octanol–water partition coefficient (Wildman–Crippen LogP) is 6.61.